The van der Waals surface area contributed by atoms with Crippen molar-refractivity contribution < 1.29 is 24.6 Å². The van der Waals surface area contributed by atoms with E-state index in [1.54, 1.807) is 0 Å². The Hall–Kier alpha value is -0.585. The molecule has 0 aromatic carbocycles. The summed E-state index contributed by atoms with van der Waals surface area (Å²) in [5.41, 5.74) is 0. The van der Waals surface area contributed by atoms with Crippen molar-refractivity contribution >= 4 is 13.7 Å². The van der Waals surface area contributed by atoms with Gasteiger partial charge in [0.1, 0.15) is 0 Å². The zero-order valence-corrected chi connectivity index (χ0v) is 4.74. The minimum Gasteiger partial charge on any atom is -0.427 e. The fraction of sp³-hybridized carbons (Fsp3) is 0.667. The molecular weight excluding hydrogens is 127 g/mol. The maximum absolute atomic E-state index is 10.2. The molecule has 0 aliphatic rings. The Bertz CT molecular complexity index is 84.3. The van der Waals surface area contributed by atoms with Crippen molar-refractivity contribution in [1.82, 2.24) is 0 Å². The average Bonchev–Trinajstić information content (AvgIpc) is 1.85. The summed E-state index contributed by atoms with van der Waals surface area (Å²) < 4.78 is 0. The third-order valence-corrected chi connectivity index (χ3v) is 0.521. The number of carbonyl (C=O) groups is 1. The molecule has 0 rings (SSSR count). The Balaban J connectivity index is 3.06. The Morgan fingerprint density at radius 1 is 1.67 bits per heavy atom. The number of aliphatic hydroxyl groups excluding tert-OH is 1. The van der Waals surface area contributed by atoms with Crippen molar-refractivity contribution in [2.24, 2.45) is 0 Å². The molecule has 0 unspecified atom stereocenters. The molecule has 9 heavy (non-hydrogen) atoms. The molecule has 2 N–H and O–H groups in total. The van der Waals surface area contributed by atoms with E-state index in [9.17, 15) is 4.79 Å². The molecular formula is C3H7BO5. The lowest BCUT2D eigenvalue weighted by atomic mass is 10.4. The summed E-state index contributed by atoms with van der Waals surface area (Å²) in [5.74, 6) is -0.702. The van der Waals surface area contributed by atoms with Gasteiger partial charge >= 0.3 is 13.7 Å². The van der Waals surface area contributed by atoms with Crippen molar-refractivity contribution in [2.75, 3.05) is 6.61 Å². The molecule has 0 aromatic rings. The van der Waals surface area contributed by atoms with Gasteiger partial charge in [-0.05, 0) is 0 Å². The highest BCUT2D eigenvalue weighted by atomic mass is 17.2. The van der Waals surface area contributed by atoms with Crippen LogP contribution >= 0.6 is 0 Å². The van der Waals surface area contributed by atoms with E-state index in [1.165, 1.54) is 0 Å². The number of aliphatic hydroxyl groups is 1. The summed E-state index contributed by atoms with van der Waals surface area (Å²) in [5, 5.41) is 16.0. The number of rotatable bonds is 4. The van der Waals surface area contributed by atoms with E-state index >= 15 is 0 Å². The number of hydrogen-bond acceptors (Lipinski definition) is 5. The fourth-order valence-electron chi connectivity index (χ4n) is 0.225. The molecule has 0 bridgehead atoms. The highest BCUT2D eigenvalue weighted by Crippen LogP contribution is 1.83. The second kappa shape index (κ2) is 5.55. The van der Waals surface area contributed by atoms with Crippen molar-refractivity contribution in [2.45, 2.75) is 6.42 Å². The SMILES string of the molecule is O=C(CCO)OOBO. The van der Waals surface area contributed by atoms with Gasteiger partial charge in [0, 0.05) is 0 Å². The maximum atomic E-state index is 10.2. The second-order valence-corrected chi connectivity index (χ2v) is 1.18. The van der Waals surface area contributed by atoms with Crippen LogP contribution in [0.2, 0.25) is 0 Å². The van der Waals surface area contributed by atoms with Gasteiger partial charge in [-0.25, -0.2) is 9.60 Å². The predicted molar refractivity (Wildman–Crippen MR) is 28.2 cm³/mol. The van der Waals surface area contributed by atoms with Crippen LogP contribution < -0.4 is 0 Å². The van der Waals surface area contributed by atoms with Crippen LogP contribution in [0.1, 0.15) is 6.42 Å². The maximum Gasteiger partial charge on any atom is 0.487 e. The van der Waals surface area contributed by atoms with E-state index < -0.39 is 13.7 Å². The van der Waals surface area contributed by atoms with Gasteiger partial charge in [0.25, 0.3) is 0 Å². The van der Waals surface area contributed by atoms with Crippen molar-refractivity contribution in [1.29, 1.82) is 0 Å². The zero-order valence-electron chi connectivity index (χ0n) is 4.74. The Morgan fingerprint density at radius 3 is 2.78 bits per heavy atom. The topological polar surface area (TPSA) is 76.0 Å². The van der Waals surface area contributed by atoms with Crippen LogP contribution in [-0.2, 0) is 14.5 Å². The van der Waals surface area contributed by atoms with E-state index in [0.717, 1.165) is 0 Å². The fourth-order valence-corrected chi connectivity index (χ4v) is 0.225. The minimum absolute atomic E-state index is 0.125. The molecule has 0 aromatic heterocycles. The molecule has 0 heterocycles. The first kappa shape index (κ1) is 8.41. The lowest BCUT2D eigenvalue weighted by Gasteiger charge is -1.96. The molecule has 0 amide bonds. The molecule has 52 valence electrons. The first-order valence-electron chi connectivity index (χ1n) is 2.35. The van der Waals surface area contributed by atoms with Gasteiger partial charge in [0.05, 0.1) is 13.0 Å². The van der Waals surface area contributed by atoms with Gasteiger partial charge in [-0.15, -0.1) is 0 Å². The quantitative estimate of drug-likeness (QED) is 0.267. The monoisotopic (exact) mass is 134 g/mol. The highest BCUT2D eigenvalue weighted by molar-refractivity contribution is 6.15. The summed E-state index contributed by atoms with van der Waals surface area (Å²) in [6.45, 7) is -0.284. The summed E-state index contributed by atoms with van der Waals surface area (Å²) in [4.78, 5) is 17.9. The van der Waals surface area contributed by atoms with E-state index in [4.69, 9.17) is 10.1 Å². The van der Waals surface area contributed by atoms with Crippen LogP contribution in [0, 0.1) is 0 Å². The van der Waals surface area contributed by atoms with Gasteiger partial charge in [0.15, 0.2) is 0 Å². The second-order valence-electron chi connectivity index (χ2n) is 1.18. The zero-order chi connectivity index (χ0) is 7.11. The van der Waals surface area contributed by atoms with Crippen molar-refractivity contribution in [3.8, 4) is 0 Å². The normalized spacial score (nSPS) is 8.67. The van der Waals surface area contributed by atoms with Crippen molar-refractivity contribution in [3.63, 3.8) is 0 Å². The Morgan fingerprint density at radius 2 is 2.33 bits per heavy atom. The molecule has 0 aliphatic carbocycles. The average molecular weight is 134 g/mol. The standard InChI is InChI=1S/C3H7BO5/c5-2-1-3(6)8-9-4-7/h4-5,7H,1-2H2. The molecule has 0 spiro atoms. The van der Waals surface area contributed by atoms with Crippen LogP contribution in [-0.4, -0.2) is 30.4 Å². The van der Waals surface area contributed by atoms with Gasteiger partial charge in [-0.3, -0.25) is 0 Å². The third-order valence-electron chi connectivity index (χ3n) is 0.521. The van der Waals surface area contributed by atoms with Gasteiger partial charge < -0.3 is 15.0 Å². The number of carbonyl (C=O) groups excluding carboxylic acids is 1. The van der Waals surface area contributed by atoms with E-state index in [-0.39, 0.29) is 13.0 Å². The van der Waals surface area contributed by atoms with E-state index in [0.29, 0.717) is 0 Å². The first-order valence-corrected chi connectivity index (χ1v) is 2.35. The van der Waals surface area contributed by atoms with E-state index in [1.807, 2.05) is 0 Å². The highest BCUT2D eigenvalue weighted by Gasteiger charge is 2.00. The lowest BCUT2D eigenvalue weighted by Crippen LogP contribution is -2.09. The van der Waals surface area contributed by atoms with Crippen LogP contribution in [0.4, 0.5) is 0 Å². The summed E-state index contributed by atoms with van der Waals surface area (Å²) >= 11 is 0. The van der Waals surface area contributed by atoms with Gasteiger partial charge in [0.2, 0.25) is 0 Å². The molecule has 0 fully saturated rings. The van der Waals surface area contributed by atoms with Crippen LogP contribution in [0.5, 0.6) is 0 Å². The van der Waals surface area contributed by atoms with Crippen molar-refractivity contribution in [3.05, 3.63) is 0 Å². The number of hydrogen-bond donors (Lipinski definition) is 2. The molecule has 6 heteroatoms. The third kappa shape index (κ3) is 5.28. The molecule has 0 saturated carbocycles. The van der Waals surface area contributed by atoms with E-state index in [2.05, 4.69) is 9.69 Å². The molecule has 0 atom stereocenters. The Kier molecular flexibility index (Phi) is 5.19. The molecule has 0 radical (unpaired) electrons. The smallest absolute Gasteiger partial charge is 0.427 e. The molecule has 0 saturated heterocycles. The van der Waals surface area contributed by atoms with Crippen LogP contribution in [0.3, 0.4) is 0 Å². The minimum atomic E-state index is -0.702. The summed E-state index contributed by atoms with van der Waals surface area (Å²) in [7, 11) is -0.669. The van der Waals surface area contributed by atoms with Gasteiger partial charge in [-0.2, -0.15) is 0 Å². The predicted octanol–water partition coefficient (Wildman–Crippen LogP) is -1.90. The van der Waals surface area contributed by atoms with Gasteiger partial charge in [-0.1, -0.05) is 0 Å². The molecule has 0 aliphatic heterocycles. The molecule has 5 nitrogen and oxygen atoms in total. The van der Waals surface area contributed by atoms with Crippen LogP contribution in [0.25, 0.3) is 0 Å². The first-order chi connectivity index (χ1) is 4.31. The summed E-state index contributed by atoms with van der Waals surface area (Å²) in [6, 6.07) is 0. The lowest BCUT2D eigenvalue weighted by molar-refractivity contribution is -0.219. The van der Waals surface area contributed by atoms with Crippen LogP contribution in [0.15, 0.2) is 0 Å². The summed E-state index contributed by atoms with van der Waals surface area (Å²) in [6.07, 6.45) is -0.125. The Labute approximate surface area is 52.4 Å². The largest absolute Gasteiger partial charge is 0.487 e.